The maximum absolute atomic E-state index is 11.6. The lowest BCUT2D eigenvalue weighted by molar-refractivity contribution is -0.120. The van der Waals surface area contributed by atoms with E-state index in [4.69, 9.17) is 9.47 Å². The van der Waals surface area contributed by atoms with Crippen LogP contribution < -0.4 is 16.2 Å². The molecule has 10 nitrogen and oxygen atoms in total. The van der Waals surface area contributed by atoms with Crippen molar-refractivity contribution < 1.29 is 23.9 Å². The number of rotatable bonds is 8. The van der Waals surface area contributed by atoms with Crippen LogP contribution in [0.4, 0.5) is 9.59 Å². The molecule has 0 heterocycles. The number of nitroso groups, excluding NO2 is 1. The zero-order chi connectivity index (χ0) is 20.4. The van der Waals surface area contributed by atoms with E-state index in [2.05, 4.69) is 21.3 Å². The Labute approximate surface area is 153 Å². The summed E-state index contributed by atoms with van der Waals surface area (Å²) >= 11 is 0. The smallest absolute Gasteiger partial charge is 0.422 e. The Bertz CT molecular complexity index is 496. The molecule has 10 heteroatoms. The molecule has 0 rings (SSSR count). The number of alkyl carbamates (subject to hydrolysis) is 1. The van der Waals surface area contributed by atoms with E-state index in [0.29, 0.717) is 19.4 Å². The van der Waals surface area contributed by atoms with Crippen LogP contribution in [-0.2, 0) is 14.3 Å². The topological polar surface area (TPSA) is 135 Å². The van der Waals surface area contributed by atoms with E-state index in [0.717, 1.165) is 0 Å². The van der Waals surface area contributed by atoms with Crippen molar-refractivity contribution in [1.82, 2.24) is 16.2 Å². The van der Waals surface area contributed by atoms with E-state index in [9.17, 15) is 19.3 Å². The summed E-state index contributed by atoms with van der Waals surface area (Å²) in [6, 6.07) is -0.971. The summed E-state index contributed by atoms with van der Waals surface area (Å²) in [5.41, 5.74) is 3.39. The predicted molar refractivity (Wildman–Crippen MR) is 95.2 cm³/mol. The molecule has 0 fully saturated rings. The van der Waals surface area contributed by atoms with Gasteiger partial charge in [-0.1, -0.05) is 0 Å². The number of amides is 3. The van der Waals surface area contributed by atoms with Crippen LogP contribution in [0.15, 0.2) is 5.18 Å². The van der Waals surface area contributed by atoms with Gasteiger partial charge in [-0.15, -0.1) is 4.91 Å². The molecule has 1 atom stereocenters. The van der Waals surface area contributed by atoms with Crippen LogP contribution in [0.5, 0.6) is 0 Å². The summed E-state index contributed by atoms with van der Waals surface area (Å²) in [4.78, 5) is 45.0. The number of hydrogen-bond donors (Lipinski definition) is 3. The molecule has 0 aliphatic heterocycles. The molecule has 0 aromatic carbocycles. The number of hydrazine groups is 1. The van der Waals surface area contributed by atoms with Crippen LogP contribution in [0.2, 0.25) is 0 Å². The average Bonchev–Trinajstić information content (AvgIpc) is 2.45. The first-order valence-electron chi connectivity index (χ1n) is 8.42. The van der Waals surface area contributed by atoms with Gasteiger partial charge >= 0.3 is 18.1 Å². The Morgan fingerprint density at radius 3 is 1.96 bits per heavy atom. The van der Waals surface area contributed by atoms with Gasteiger partial charge in [0.05, 0.1) is 0 Å². The summed E-state index contributed by atoms with van der Waals surface area (Å²) in [7, 11) is 0. The van der Waals surface area contributed by atoms with E-state index in [1.807, 2.05) is 0 Å². The van der Waals surface area contributed by atoms with Crippen molar-refractivity contribution >= 4 is 18.1 Å². The fourth-order valence-corrected chi connectivity index (χ4v) is 1.75. The molecule has 0 spiro atoms. The lowest BCUT2D eigenvalue weighted by Gasteiger charge is -2.21. The third kappa shape index (κ3) is 13.1. The monoisotopic (exact) mass is 374 g/mol. The van der Waals surface area contributed by atoms with Crippen LogP contribution >= 0.6 is 0 Å². The summed E-state index contributed by atoms with van der Waals surface area (Å²) < 4.78 is 10.1. The lowest BCUT2D eigenvalue weighted by atomic mass is 10.1. The standard InChI is InChI=1S/C16H30N4O6/c1-15(2,3)25-13(22)17-10-8-7-9-11(12(21)20-24)18-19-14(23)26-16(4,5)6/h11,18H,7-10H2,1-6H3,(H,17,22)(H,19,23)/t11-/m0/s1. The molecule has 0 radical (unpaired) electrons. The zero-order valence-electron chi connectivity index (χ0n) is 16.3. The third-order valence-electron chi connectivity index (χ3n) is 2.72. The molecule has 26 heavy (non-hydrogen) atoms. The minimum absolute atomic E-state index is 0.246. The highest BCUT2D eigenvalue weighted by Gasteiger charge is 2.22. The molecule has 0 saturated carbocycles. The first-order chi connectivity index (χ1) is 11.8. The second-order valence-corrected chi connectivity index (χ2v) is 7.68. The number of carbonyl (C=O) groups excluding carboxylic acids is 3. The normalized spacial score (nSPS) is 12.7. The van der Waals surface area contributed by atoms with Gasteiger partial charge in [0.1, 0.15) is 17.2 Å². The average molecular weight is 374 g/mol. The van der Waals surface area contributed by atoms with Crippen molar-refractivity contribution in [3.63, 3.8) is 0 Å². The lowest BCUT2D eigenvalue weighted by Crippen LogP contribution is -2.49. The molecule has 0 saturated heterocycles. The SMILES string of the molecule is CC(C)(C)OC(=O)NCCCC[C@H](NNC(=O)OC(C)(C)C)C(=O)N=O. The summed E-state index contributed by atoms with van der Waals surface area (Å²) in [6.45, 7) is 10.7. The van der Waals surface area contributed by atoms with Crippen LogP contribution in [-0.4, -0.2) is 41.9 Å². The molecule has 0 aromatic rings. The molecular weight excluding hydrogens is 344 g/mol. The first-order valence-corrected chi connectivity index (χ1v) is 8.42. The number of unbranched alkanes of at least 4 members (excludes halogenated alkanes) is 1. The van der Waals surface area contributed by atoms with Gasteiger partial charge in [0.15, 0.2) is 0 Å². The largest absolute Gasteiger partial charge is 0.444 e. The van der Waals surface area contributed by atoms with Crippen molar-refractivity contribution in [3.8, 4) is 0 Å². The highest BCUT2D eigenvalue weighted by atomic mass is 16.6. The first kappa shape index (κ1) is 23.8. The fraction of sp³-hybridized carbons (Fsp3) is 0.812. The number of nitrogens with zero attached hydrogens (tertiary/aromatic N) is 1. The van der Waals surface area contributed by atoms with Crippen LogP contribution in [0.1, 0.15) is 60.8 Å². The number of hydrogen-bond acceptors (Lipinski definition) is 7. The Hall–Kier alpha value is -2.23. The van der Waals surface area contributed by atoms with Gasteiger partial charge in [-0.2, -0.15) is 0 Å². The summed E-state index contributed by atoms with van der Waals surface area (Å²) in [6.07, 6.45) is 0.00840. The van der Waals surface area contributed by atoms with E-state index in [1.54, 1.807) is 41.5 Å². The van der Waals surface area contributed by atoms with Crippen molar-refractivity contribution in [2.45, 2.75) is 78.0 Å². The van der Waals surface area contributed by atoms with Gasteiger partial charge < -0.3 is 14.8 Å². The Morgan fingerprint density at radius 2 is 1.46 bits per heavy atom. The molecule has 0 bridgehead atoms. The van der Waals surface area contributed by atoms with Gasteiger partial charge in [-0.25, -0.2) is 15.0 Å². The molecule has 3 amide bonds. The van der Waals surface area contributed by atoms with Gasteiger partial charge in [-0.05, 0) is 60.8 Å². The second-order valence-electron chi connectivity index (χ2n) is 7.68. The van der Waals surface area contributed by atoms with Crippen molar-refractivity contribution in [3.05, 3.63) is 4.91 Å². The Balaban J connectivity index is 4.20. The van der Waals surface area contributed by atoms with Gasteiger partial charge in [0.2, 0.25) is 0 Å². The van der Waals surface area contributed by atoms with E-state index < -0.39 is 35.3 Å². The maximum atomic E-state index is 11.6. The highest BCUT2D eigenvalue weighted by Crippen LogP contribution is 2.08. The Morgan fingerprint density at radius 1 is 0.923 bits per heavy atom. The molecule has 150 valence electrons. The van der Waals surface area contributed by atoms with Gasteiger partial charge in [0.25, 0.3) is 0 Å². The van der Waals surface area contributed by atoms with Crippen LogP contribution in [0.25, 0.3) is 0 Å². The number of nitrogens with one attached hydrogen (secondary N) is 3. The minimum Gasteiger partial charge on any atom is -0.444 e. The van der Waals surface area contributed by atoms with E-state index in [-0.39, 0.29) is 6.42 Å². The molecule has 3 N–H and O–H groups in total. The van der Waals surface area contributed by atoms with Crippen molar-refractivity contribution in [2.75, 3.05) is 6.54 Å². The molecule has 0 unspecified atom stereocenters. The quantitative estimate of drug-likeness (QED) is 0.337. The van der Waals surface area contributed by atoms with E-state index >= 15 is 0 Å². The zero-order valence-corrected chi connectivity index (χ0v) is 16.3. The van der Waals surface area contributed by atoms with Crippen molar-refractivity contribution in [2.24, 2.45) is 5.18 Å². The fourth-order valence-electron chi connectivity index (χ4n) is 1.75. The molecular formula is C16H30N4O6. The van der Waals surface area contributed by atoms with Crippen LogP contribution in [0.3, 0.4) is 0 Å². The molecule has 0 aromatic heterocycles. The Kier molecular flexibility index (Phi) is 9.77. The highest BCUT2D eigenvalue weighted by molar-refractivity contribution is 5.82. The van der Waals surface area contributed by atoms with E-state index in [1.165, 1.54) is 0 Å². The maximum Gasteiger partial charge on any atom is 0.422 e. The molecule has 0 aliphatic rings. The van der Waals surface area contributed by atoms with Gasteiger partial charge in [-0.3, -0.25) is 10.2 Å². The minimum atomic E-state index is -0.971. The van der Waals surface area contributed by atoms with Crippen LogP contribution in [0, 0.1) is 4.91 Å². The molecule has 0 aliphatic carbocycles. The van der Waals surface area contributed by atoms with Gasteiger partial charge in [0, 0.05) is 11.7 Å². The number of ether oxygens (including phenoxy) is 2. The summed E-state index contributed by atoms with van der Waals surface area (Å²) in [5.74, 6) is -0.929. The number of carbonyl (C=O) groups is 3. The third-order valence-corrected chi connectivity index (χ3v) is 2.72. The second kappa shape index (κ2) is 10.7. The van der Waals surface area contributed by atoms with Crippen molar-refractivity contribution in [1.29, 1.82) is 0 Å². The predicted octanol–water partition coefficient (Wildman–Crippen LogP) is 2.37. The summed E-state index contributed by atoms with van der Waals surface area (Å²) in [5, 5.41) is 4.97.